The first-order chi connectivity index (χ1) is 8.95. The molecule has 2 rings (SSSR count). The van der Waals surface area contributed by atoms with Gasteiger partial charge in [-0.2, -0.15) is 0 Å². The number of benzene rings is 1. The number of nitrogens with zero attached hydrogens (tertiary/aromatic N) is 2. The van der Waals surface area contributed by atoms with Crippen LogP contribution in [-0.4, -0.2) is 18.4 Å². The maximum atomic E-state index is 11.1. The van der Waals surface area contributed by atoms with Crippen LogP contribution in [0.15, 0.2) is 41.4 Å². The van der Waals surface area contributed by atoms with E-state index in [0.29, 0.717) is 12.4 Å². The number of anilines is 1. The van der Waals surface area contributed by atoms with Crippen molar-refractivity contribution in [3.05, 3.63) is 47.4 Å². The standard InChI is InChI=1S/C11H11ClN4O2S/c12-11-14-6-5-10(16-11)15-7-8-1-3-9(4-2-8)19(13,17)18/h1-6H,7H2,(H2,13,17,18)(H,14,15,16). The van der Waals surface area contributed by atoms with Crippen molar-refractivity contribution in [2.24, 2.45) is 5.14 Å². The van der Waals surface area contributed by atoms with Crippen LogP contribution < -0.4 is 10.5 Å². The van der Waals surface area contributed by atoms with Crippen molar-refractivity contribution in [1.29, 1.82) is 0 Å². The number of aromatic nitrogens is 2. The number of primary sulfonamides is 1. The lowest BCUT2D eigenvalue weighted by atomic mass is 10.2. The van der Waals surface area contributed by atoms with E-state index < -0.39 is 10.0 Å². The molecule has 100 valence electrons. The molecule has 0 aliphatic carbocycles. The molecule has 0 radical (unpaired) electrons. The average Bonchev–Trinajstić information content (AvgIpc) is 2.36. The van der Waals surface area contributed by atoms with Gasteiger partial charge in [-0.25, -0.2) is 23.5 Å². The third-order valence-corrected chi connectivity index (χ3v) is 3.46. The summed E-state index contributed by atoms with van der Waals surface area (Å²) in [6, 6.07) is 7.95. The Labute approximate surface area is 115 Å². The van der Waals surface area contributed by atoms with Crippen molar-refractivity contribution in [3.63, 3.8) is 0 Å². The molecule has 0 saturated carbocycles. The Morgan fingerprint density at radius 2 is 1.89 bits per heavy atom. The van der Waals surface area contributed by atoms with Gasteiger partial charge in [-0.15, -0.1) is 0 Å². The molecular formula is C11H11ClN4O2S. The van der Waals surface area contributed by atoms with Gasteiger partial charge >= 0.3 is 0 Å². The zero-order valence-corrected chi connectivity index (χ0v) is 11.3. The lowest BCUT2D eigenvalue weighted by Crippen LogP contribution is -2.12. The first-order valence-electron chi connectivity index (χ1n) is 5.29. The zero-order chi connectivity index (χ0) is 13.9. The molecule has 0 saturated heterocycles. The predicted octanol–water partition coefficient (Wildman–Crippen LogP) is 1.39. The second-order valence-corrected chi connectivity index (χ2v) is 5.65. The Bertz CT molecular complexity index is 673. The highest BCUT2D eigenvalue weighted by Crippen LogP contribution is 2.11. The quantitative estimate of drug-likeness (QED) is 0.831. The summed E-state index contributed by atoms with van der Waals surface area (Å²) in [6.45, 7) is 0.484. The molecule has 3 N–H and O–H groups in total. The Balaban J connectivity index is 2.05. The molecule has 6 nitrogen and oxygen atoms in total. The van der Waals surface area contributed by atoms with Gasteiger partial charge in [-0.1, -0.05) is 12.1 Å². The van der Waals surface area contributed by atoms with E-state index in [0.717, 1.165) is 5.56 Å². The summed E-state index contributed by atoms with van der Waals surface area (Å²) in [6.07, 6.45) is 1.54. The van der Waals surface area contributed by atoms with Crippen LogP contribution in [0.4, 0.5) is 5.82 Å². The first kappa shape index (κ1) is 13.7. The van der Waals surface area contributed by atoms with Crippen molar-refractivity contribution in [2.45, 2.75) is 11.4 Å². The monoisotopic (exact) mass is 298 g/mol. The number of hydrogen-bond donors (Lipinski definition) is 2. The van der Waals surface area contributed by atoms with Crippen LogP contribution in [0.3, 0.4) is 0 Å². The lowest BCUT2D eigenvalue weighted by molar-refractivity contribution is 0.598. The van der Waals surface area contributed by atoms with E-state index in [4.69, 9.17) is 16.7 Å². The van der Waals surface area contributed by atoms with E-state index in [9.17, 15) is 8.42 Å². The van der Waals surface area contributed by atoms with Crippen molar-refractivity contribution in [2.75, 3.05) is 5.32 Å². The molecule has 0 aliphatic rings. The number of sulfonamides is 1. The van der Waals surface area contributed by atoms with Gasteiger partial charge in [0.15, 0.2) is 0 Å². The smallest absolute Gasteiger partial charge is 0.238 e. The molecule has 1 aromatic heterocycles. The summed E-state index contributed by atoms with van der Waals surface area (Å²) in [4.78, 5) is 7.82. The van der Waals surface area contributed by atoms with Gasteiger partial charge in [0.2, 0.25) is 15.3 Å². The summed E-state index contributed by atoms with van der Waals surface area (Å²) in [5.41, 5.74) is 0.891. The molecule has 0 aliphatic heterocycles. The third-order valence-electron chi connectivity index (χ3n) is 2.35. The number of nitrogens with two attached hydrogens (primary N) is 1. The summed E-state index contributed by atoms with van der Waals surface area (Å²) in [7, 11) is -3.65. The summed E-state index contributed by atoms with van der Waals surface area (Å²) in [5, 5.41) is 8.22. The van der Waals surface area contributed by atoms with Crippen molar-refractivity contribution >= 4 is 27.4 Å². The molecule has 0 bridgehead atoms. The summed E-state index contributed by atoms with van der Waals surface area (Å²) in [5.74, 6) is 0.593. The number of halogens is 1. The van der Waals surface area contributed by atoms with E-state index in [1.165, 1.54) is 12.1 Å². The molecule has 1 aromatic carbocycles. The van der Waals surface area contributed by atoms with Crippen LogP contribution in [0.2, 0.25) is 5.28 Å². The van der Waals surface area contributed by atoms with Crippen LogP contribution in [0.1, 0.15) is 5.56 Å². The second-order valence-electron chi connectivity index (χ2n) is 3.75. The Kier molecular flexibility index (Phi) is 3.98. The first-order valence-corrected chi connectivity index (χ1v) is 7.22. The van der Waals surface area contributed by atoms with Crippen molar-refractivity contribution in [3.8, 4) is 0 Å². The molecule has 1 heterocycles. The average molecular weight is 299 g/mol. The van der Waals surface area contributed by atoms with Gasteiger partial charge < -0.3 is 5.32 Å². The largest absolute Gasteiger partial charge is 0.366 e. The van der Waals surface area contributed by atoms with Gasteiger partial charge in [0.1, 0.15) is 5.82 Å². The fourth-order valence-corrected chi connectivity index (χ4v) is 2.09. The summed E-state index contributed by atoms with van der Waals surface area (Å²) >= 11 is 5.65. The van der Waals surface area contributed by atoms with Crippen molar-refractivity contribution < 1.29 is 8.42 Å². The molecule has 0 amide bonds. The molecule has 2 aromatic rings. The van der Waals surface area contributed by atoms with Gasteiger partial charge in [0, 0.05) is 12.7 Å². The Morgan fingerprint density at radius 1 is 1.21 bits per heavy atom. The normalized spacial score (nSPS) is 11.3. The lowest BCUT2D eigenvalue weighted by Gasteiger charge is -2.06. The van der Waals surface area contributed by atoms with Crippen LogP contribution in [0, 0.1) is 0 Å². The van der Waals surface area contributed by atoms with E-state index in [-0.39, 0.29) is 10.2 Å². The van der Waals surface area contributed by atoms with E-state index in [1.54, 1.807) is 24.4 Å². The van der Waals surface area contributed by atoms with Crippen molar-refractivity contribution in [1.82, 2.24) is 9.97 Å². The molecule has 19 heavy (non-hydrogen) atoms. The Hall–Kier alpha value is -1.70. The van der Waals surface area contributed by atoms with Crippen LogP contribution >= 0.6 is 11.6 Å². The second kappa shape index (κ2) is 5.52. The number of hydrogen-bond acceptors (Lipinski definition) is 5. The molecule has 0 fully saturated rings. The van der Waals surface area contributed by atoms with Crippen LogP contribution in [0.5, 0.6) is 0 Å². The highest BCUT2D eigenvalue weighted by molar-refractivity contribution is 7.89. The van der Waals surface area contributed by atoms with E-state index >= 15 is 0 Å². The number of nitrogens with one attached hydrogen (secondary N) is 1. The fraction of sp³-hybridized carbons (Fsp3) is 0.0909. The van der Waals surface area contributed by atoms with Crippen LogP contribution in [0.25, 0.3) is 0 Å². The van der Waals surface area contributed by atoms with Crippen LogP contribution in [-0.2, 0) is 16.6 Å². The maximum Gasteiger partial charge on any atom is 0.238 e. The highest BCUT2D eigenvalue weighted by Gasteiger charge is 2.06. The molecule has 8 heteroatoms. The van der Waals surface area contributed by atoms with Gasteiger partial charge in [0.25, 0.3) is 0 Å². The van der Waals surface area contributed by atoms with Gasteiger partial charge in [0.05, 0.1) is 4.90 Å². The molecule has 0 atom stereocenters. The molecule has 0 spiro atoms. The topological polar surface area (TPSA) is 98.0 Å². The SMILES string of the molecule is NS(=O)(=O)c1ccc(CNc2ccnc(Cl)n2)cc1. The highest BCUT2D eigenvalue weighted by atomic mass is 35.5. The minimum Gasteiger partial charge on any atom is -0.366 e. The summed E-state index contributed by atoms with van der Waals surface area (Å²) < 4.78 is 22.2. The molecule has 0 unspecified atom stereocenters. The van der Waals surface area contributed by atoms with E-state index in [2.05, 4.69) is 15.3 Å². The van der Waals surface area contributed by atoms with Gasteiger partial charge in [-0.05, 0) is 35.4 Å². The maximum absolute atomic E-state index is 11.1. The van der Waals surface area contributed by atoms with E-state index in [1.807, 2.05) is 0 Å². The minimum absolute atomic E-state index is 0.0846. The number of rotatable bonds is 4. The Morgan fingerprint density at radius 3 is 2.47 bits per heavy atom. The fourth-order valence-electron chi connectivity index (χ4n) is 1.42. The zero-order valence-electron chi connectivity index (χ0n) is 9.75. The minimum atomic E-state index is -3.65. The van der Waals surface area contributed by atoms with Gasteiger partial charge in [-0.3, -0.25) is 0 Å². The predicted molar refractivity (Wildman–Crippen MR) is 72.2 cm³/mol. The third kappa shape index (κ3) is 3.88. The molecular weight excluding hydrogens is 288 g/mol.